The molecule has 8 heteroatoms. The van der Waals surface area contributed by atoms with Crippen molar-refractivity contribution in [1.82, 2.24) is 0 Å². The van der Waals surface area contributed by atoms with Crippen LogP contribution in [0.2, 0.25) is 0 Å². The number of nitrogens with zero attached hydrogens (tertiary/aromatic N) is 1. The molecule has 0 spiro atoms. The second-order valence-electron chi connectivity index (χ2n) is 6.54. The number of carbonyl (C=O) groups excluding carboxylic acids is 1. The van der Waals surface area contributed by atoms with Crippen molar-refractivity contribution >= 4 is 65.7 Å². The molecule has 0 bridgehead atoms. The fourth-order valence-electron chi connectivity index (χ4n) is 2.85. The number of cyclic esters (lactones) is 1. The number of hydrogen-bond acceptors (Lipinski definition) is 4. The summed E-state index contributed by atoms with van der Waals surface area (Å²) in [6.45, 7) is 0.0808. The summed E-state index contributed by atoms with van der Waals surface area (Å²) < 4.78 is 27.1. The lowest BCUT2D eigenvalue weighted by molar-refractivity contribution is -0.129. The molecule has 0 saturated carbocycles. The number of carbonyl (C=O) groups is 1. The van der Waals surface area contributed by atoms with E-state index in [9.17, 15) is 9.18 Å². The Morgan fingerprint density at radius 1 is 1.00 bits per heavy atom. The van der Waals surface area contributed by atoms with Crippen molar-refractivity contribution in [2.75, 3.05) is 0 Å². The SMILES string of the molecule is O=C1OC(c2ccc(Br)cc2)=N/C1=C\c1cc(Br)c(OCc2ccccc2F)c(Br)c1. The molecular weight excluding hydrogens is 597 g/mol. The van der Waals surface area contributed by atoms with Gasteiger partial charge in [-0.15, -0.1) is 0 Å². The normalized spacial score (nSPS) is 14.5. The second kappa shape index (κ2) is 9.46. The van der Waals surface area contributed by atoms with Crippen molar-refractivity contribution in [2.24, 2.45) is 4.99 Å². The van der Waals surface area contributed by atoms with Crippen molar-refractivity contribution in [3.05, 3.63) is 102 Å². The molecular formula is C23H13Br3FNO3. The van der Waals surface area contributed by atoms with E-state index in [0.717, 1.165) is 4.47 Å². The Labute approximate surface area is 203 Å². The highest BCUT2D eigenvalue weighted by Gasteiger charge is 2.24. The van der Waals surface area contributed by atoms with Crippen molar-refractivity contribution in [3.63, 3.8) is 0 Å². The number of aliphatic imine (C=N–C) groups is 1. The molecule has 156 valence electrons. The summed E-state index contributed by atoms with van der Waals surface area (Å²) in [5, 5.41) is 0. The van der Waals surface area contributed by atoms with Gasteiger partial charge in [0.1, 0.15) is 18.2 Å². The molecule has 0 unspecified atom stereocenters. The molecule has 1 aliphatic rings. The summed E-state index contributed by atoms with van der Waals surface area (Å²) in [5.74, 6) is -0.0643. The lowest BCUT2D eigenvalue weighted by Crippen LogP contribution is -2.05. The van der Waals surface area contributed by atoms with E-state index in [1.165, 1.54) is 6.07 Å². The molecule has 3 aromatic carbocycles. The first-order valence-electron chi connectivity index (χ1n) is 9.04. The van der Waals surface area contributed by atoms with Crippen LogP contribution in [0.1, 0.15) is 16.7 Å². The highest BCUT2D eigenvalue weighted by atomic mass is 79.9. The molecule has 0 saturated heterocycles. The monoisotopic (exact) mass is 607 g/mol. The molecule has 1 heterocycles. The zero-order valence-electron chi connectivity index (χ0n) is 15.7. The van der Waals surface area contributed by atoms with Crippen LogP contribution in [-0.2, 0) is 16.1 Å². The smallest absolute Gasteiger partial charge is 0.363 e. The van der Waals surface area contributed by atoms with Gasteiger partial charge >= 0.3 is 5.97 Å². The maximum Gasteiger partial charge on any atom is 0.363 e. The Bertz CT molecular complexity index is 1200. The maximum atomic E-state index is 13.8. The van der Waals surface area contributed by atoms with Gasteiger partial charge < -0.3 is 9.47 Å². The molecule has 0 fully saturated rings. The molecule has 4 rings (SSSR count). The third-order valence-corrected chi connectivity index (χ3v) is 6.07. The predicted octanol–water partition coefficient (Wildman–Crippen LogP) is 7.04. The lowest BCUT2D eigenvalue weighted by Gasteiger charge is -2.12. The van der Waals surface area contributed by atoms with Crippen LogP contribution in [0.3, 0.4) is 0 Å². The predicted molar refractivity (Wildman–Crippen MR) is 127 cm³/mol. The van der Waals surface area contributed by atoms with E-state index in [1.807, 2.05) is 24.3 Å². The van der Waals surface area contributed by atoms with Crippen molar-refractivity contribution < 1.29 is 18.7 Å². The number of halogens is 4. The summed E-state index contributed by atoms with van der Waals surface area (Å²) in [5.41, 5.74) is 2.07. The average molecular weight is 610 g/mol. The van der Waals surface area contributed by atoms with E-state index in [4.69, 9.17) is 9.47 Å². The average Bonchev–Trinajstić information content (AvgIpc) is 3.09. The molecule has 0 amide bonds. The summed E-state index contributed by atoms with van der Waals surface area (Å²) in [6, 6.07) is 17.3. The van der Waals surface area contributed by atoms with Gasteiger partial charge in [0, 0.05) is 15.6 Å². The Hall–Kier alpha value is -2.29. The van der Waals surface area contributed by atoms with E-state index in [2.05, 4.69) is 52.8 Å². The van der Waals surface area contributed by atoms with Crippen LogP contribution in [0.25, 0.3) is 6.08 Å². The van der Waals surface area contributed by atoms with Crippen LogP contribution in [0.4, 0.5) is 4.39 Å². The van der Waals surface area contributed by atoms with E-state index >= 15 is 0 Å². The number of ether oxygens (including phenoxy) is 2. The zero-order valence-corrected chi connectivity index (χ0v) is 20.5. The number of esters is 1. The largest absolute Gasteiger partial charge is 0.486 e. The van der Waals surface area contributed by atoms with E-state index in [1.54, 1.807) is 36.4 Å². The third kappa shape index (κ3) is 5.14. The van der Waals surface area contributed by atoms with Crippen LogP contribution in [0.5, 0.6) is 5.75 Å². The highest BCUT2D eigenvalue weighted by Crippen LogP contribution is 2.36. The minimum atomic E-state index is -0.523. The number of benzene rings is 3. The molecule has 31 heavy (non-hydrogen) atoms. The van der Waals surface area contributed by atoms with Gasteiger partial charge in [0.15, 0.2) is 5.70 Å². The Balaban J connectivity index is 1.56. The quantitative estimate of drug-likeness (QED) is 0.230. The zero-order chi connectivity index (χ0) is 22.0. The van der Waals surface area contributed by atoms with Crippen molar-refractivity contribution in [1.29, 1.82) is 0 Å². The maximum absolute atomic E-state index is 13.8. The first-order chi connectivity index (χ1) is 14.9. The number of rotatable bonds is 5. The lowest BCUT2D eigenvalue weighted by atomic mass is 10.2. The highest BCUT2D eigenvalue weighted by molar-refractivity contribution is 9.11. The fourth-order valence-corrected chi connectivity index (χ4v) is 4.56. The van der Waals surface area contributed by atoms with Gasteiger partial charge in [0.05, 0.1) is 8.95 Å². The third-order valence-electron chi connectivity index (χ3n) is 4.37. The van der Waals surface area contributed by atoms with E-state index in [0.29, 0.717) is 31.4 Å². The molecule has 4 nitrogen and oxygen atoms in total. The minimum absolute atomic E-state index is 0.0808. The molecule has 3 aromatic rings. The Morgan fingerprint density at radius 2 is 1.68 bits per heavy atom. The Morgan fingerprint density at radius 3 is 2.35 bits per heavy atom. The van der Waals surface area contributed by atoms with Gasteiger partial charge in [-0.1, -0.05) is 34.1 Å². The van der Waals surface area contributed by atoms with E-state index in [-0.39, 0.29) is 24.0 Å². The standard InChI is InChI=1S/C23H13Br3FNO3/c24-16-7-5-14(6-8-16)22-28-20(23(29)31-22)11-13-9-17(25)21(18(26)10-13)30-12-15-3-1-2-4-19(15)27/h1-11H,12H2/b20-11-. The molecule has 0 radical (unpaired) electrons. The first-order valence-corrected chi connectivity index (χ1v) is 11.4. The number of hydrogen-bond donors (Lipinski definition) is 0. The van der Waals surface area contributed by atoms with Crippen molar-refractivity contribution in [3.8, 4) is 5.75 Å². The summed E-state index contributed by atoms with van der Waals surface area (Å²) >= 11 is 10.3. The minimum Gasteiger partial charge on any atom is -0.486 e. The van der Waals surface area contributed by atoms with Crippen LogP contribution in [0, 0.1) is 5.82 Å². The van der Waals surface area contributed by atoms with Gasteiger partial charge in [-0.05, 0) is 86.0 Å². The summed E-state index contributed by atoms with van der Waals surface area (Å²) in [7, 11) is 0. The molecule has 0 N–H and O–H groups in total. The van der Waals surface area contributed by atoms with Crippen LogP contribution in [0.15, 0.2) is 84.8 Å². The van der Waals surface area contributed by atoms with Crippen LogP contribution >= 0.6 is 47.8 Å². The molecule has 0 atom stereocenters. The van der Waals surface area contributed by atoms with Gasteiger partial charge in [0.2, 0.25) is 5.90 Å². The summed E-state index contributed by atoms with van der Waals surface area (Å²) in [4.78, 5) is 16.6. The topological polar surface area (TPSA) is 47.9 Å². The van der Waals surface area contributed by atoms with Gasteiger partial charge in [0.25, 0.3) is 0 Å². The fraction of sp³-hybridized carbons (Fsp3) is 0.0435. The van der Waals surface area contributed by atoms with Gasteiger partial charge in [-0.2, -0.15) is 0 Å². The van der Waals surface area contributed by atoms with Crippen molar-refractivity contribution in [2.45, 2.75) is 6.61 Å². The molecule has 0 aliphatic carbocycles. The van der Waals surface area contributed by atoms with E-state index < -0.39 is 5.97 Å². The second-order valence-corrected chi connectivity index (χ2v) is 9.16. The van der Waals surface area contributed by atoms with Gasteiger partial charge in [-0.25, -0.2) is 14.2 Å². The molecule has 0 aromatic heterocycles. The molecule has 1 aliphatic heterocycles. The summed E-state index contributed by atoms with van der Waals surface area (Å²) in [6.07, 6.45) is 1.63. The van der Waals surface area contributed by atoms with Crippen LogP contribution < -0.4 is 4.74 Å². The van der Waals surface area contributed by atoms with Gasteiger partial charge in [-0.3, -0.25) is 0 Å². The van der Waals surface area contributed by atoms with Crippen LogP contribution in [-0.4, -0.2) is 11.9 Å². The first kappa shape index (κ1) is 21.9. The Kier molecular flexibility index (Phi) is 6.69.